The molecule has 1 fully saturated rings. The zero-order valence-corrected chi connectivity index (χ0v) is 18.5. The van der Waals surface area contributed by atoms with Gasteiger partial charge in [-0.3, -0.25) is 10.2 Å². The largest absolute Gasteiger partial charge is 0.336 e. The molecule has 0 aromatic carbocycles. The van der Waals surface area contributed by atoms with Crippen LogP contribution in [0.3, 0.4) is 0 Å². The fourth-order valence-corrected chi connectivity index (χ4v) is 3.35. The number of piperidine rings is 1. The highest BCUT2D eigenvalue weighted by molar-refractivity contribution is 5.88. The first-order valence-corrected chi connectivity index (χ1v) is 10.3. The Hall–Kier alpha value is -1.56. The Morgan fingerprint density at radius 3 is 2.33 bits per heavy atom. The van der Waals surface area contributed by atoms with Crippen molar-refractivity contribution in [2.24, 2.45) is 5.92 Å². The summed E-state index contributed by atoms with van der Waals surface area (Å²) in [5.41, 5.74) is 0.705. The second-order valence-electron chi connectivity index (χ2n) is 10.1. The molecule has 1 aromatic heterocycles. The van der Waals surface area contributed by atoms with Crippen LogP contribution in [-0.2, 0) is 11.0 Å². The lowest BCUT2D eigenvalue weighted by atomic mass is 9.92. The van der Waals surface area contributed by atoms with Crippen molar-refractivity contribution in [2.75, 3.05) is 25.0 Å². The van der Waals surface area contributed by atoms with Crippen molar-refractivity contribution in [1.29, 1.82) is 0 Å². The Morgan fingerprint density at radius 1 is 1.22 bits per heavy atom. The van der Waals surface area contributed by atoms with E-state index in [2.05, 4.69) is 70.9 Å². The monoisotopic (exact) mass is 377 g/mol. The summed E-state index contributed by atoms with van der Waals surface area (Å²) in [6.07, 6.45) is 2.49. The van der Waals surface area contributed by atoms with Crippen molar-refractivity contribution in [2.45, 2.75) is 85.2 Å². The van der Waals surface area contributed by atoms with E-state index in [-0.39, 0.29) is 17.0 Å². The third kappa shape index (κ3) is 5.96. The predicted octanol–water partition coefficient (Wildman–Crippen LogP) is 4.18. The van der Waals surface area contributed by atoms with Crippen LogP contribution in [0.25, 0.3) is 0 Å². The van der Waals surface area contributed by atoms with Crippen LogP contribution in [0.4, 0.5) is 10.6 Å². The minimum absolute atomic E-state index is 0.0662. The van der Waals surface area contributed by atoms with E-state index < -0.39 is 0 Å². The number of likely N-dealkylation sites (tertiary alicyclic amines) is 1. The van der Waals surface area contributed by atoms with E-state index in [9.17, 15) is 4.79 Å². The Kier molecular flexibility index (Phi) is 6.61. The van der Waals surface area contributed by atoms with Gasteiger partial charge in [0.05, 0.1) is 11.2 Å². The van der Waals surface area contributed by atoms with E-state index in [0.29, 0.717) is 12.6 Å². The Bertz CT molecular complexity index is 630. The summed E-state index contributed by atoms with van der Waals surface area (Å²) in [6.45, 7) is 20.1. The zero-order valence-electron chi connectivity index (χ0n) is 18.5. The minimum Gasteiger partial charge on any atom is -0.336 e. The van der Waals surface area contributed by atoms with Crippen LogP contribution in [0, 0.1) is 5.92 Å². The molecule has 1 unspecified atom stereocenters. The molecule has 1 atom stereocenters. The van der Waals surface area contributed by atoms with Crippen LogP contribution in [-0.4, -0.2) is 46.4 Å². The molecule has 0 spiro atoms. The third-order valence-corrected chi connectivity index (χ3v) is 5.35. The molecule has 27 heavy (non-hydrogen) atoms. The maximum atomic E-state index is 12.5. The van der Waals surface area contributed by atoms with Gasteiger partial charge in [-0.2, -0.15) is 5.10 Å². The van der Waals surface area contributed by atoms with E-state index in [0.717, 1.165) is 30.5 Å². The van der Waals surface area contributed by atoms with Crippen molar-refractivity contribution in [3.05, 3.63) is 11.8 Å². The van der Waals surface area contributed by atoms with Gasteiger partial charge in [0.15, 0.2) is 0 Å². The van der Waals surface area contributed by atoms with Crippen LogP contribution in [0.1, 0.15) is 73.9 Å². The normalized spacial score (nSPS) is 18.4. The van der Waals surface area contributed by atoms with Crippen molar-refractivity contribution < 1.29 is 4.79 Å². The van der Waals surface area contributed by atoms with Crippen molar-refractivity contribution in [3.8, 4) is 0 Å². The first-order chi connectivity index (χ1) is 12.4. The van der Waals surface area contributed by atoms with Crippen molar-refractivity contribution >= 4 is 11.8 Å². The summed E-state index contributed by atoms with van der Waals surface area (Å²) in [6, 6.07) is 2.17. The number of anilines is 1. The smallest absolute Gasteiger partial charge is 0.320 e. The quantitative estimate of drug-likeness (QED) is 0.827. The maximum absolute atomic E-state index is 12.5. The highest BCUT2D eigenvalue weighted by atomic mass is 16.2. The summed E-state index contributed by atoms with van der Waals surface area (Å²) in [5.74, 6) is 1.56. The van der Waals surface area contributed by atoms with Gasteiger partial charge in [0, 0.05) is 24.1 Å². The number of rotatable bonds is 4. The third-order valence-electron chi connectivity index (χ3n) is 5.35. The minimum atomic E-state index is -0.204. The average molecular weight is 378 g/mol. The molecule has 1 aliphatic rings. The molecule has 6 heteroatoms. The number of carbonyl (C=O) groups is 1. The van der Waals surface area contributed by atoms with Gasteiger partial charge >= 0.3 is 6.03 Å². The number of hydrogen-bond donors (Lipinski definition) is 2. The Labute approximate surface area is 165 Å². The van der Waals surface area contributed by atoms with Gasteiger partial charge in [-0.1, -0.05) is 27.7 Å². The predicted molar refractivity (Wildman–Crippen MR) is 112 cm³/mol. The van der Waals surface area contributed by atoms with Gasteiger partial charge < -0.3 is 5.32 Å². The van der Waals surface area contributed by atoms with E-state index >= 15 is 0 Å². The molecule has 6 nitrogen and oxygen atoms in total. The molecule has 1 aromatic rings. The standard InChI is InChI=1S/C21H39N5O/c1-15-9-11-25(12-10-15)16(2)14-22-19(27)23-18-13-17(20(3,4)5)24-26(18)21(6,7)8/h13,15-16H,9-12,14H2,1-8H3,(H2,22,23,27). The first kappa shape index (κ1) is 21.7. The molecule has 0 aliphatic carbocycles. The highest BCUT2D eigenvalue weighted by Gasteiger charge is 2.26. The van der Waals surface area contributed by atoms with Crippen LogP contribution in [0.2, 0.25) is 0 Å². The van der Waals surface area contributed by atoms with Gasteiger partial charge in [-0.05, 0) is 59.5 Å². The zero-order chi connectivity index (χ0) is 20.4. The molecule has 2 amide bonds. The lowest BCUT2D eigenvalue weighted by Crippen LogP contribution is -2.46. The van der Waals surface area contributed by atoms with E-state index in [1.807, 2.05) is 10.7 Å². The summed E-state index contributed by atoms with van der Waals surface area (Å²) < 4.78 is 1.91. The number of hydrogen-bond acceptors (Lipinski definition) is 3. The lowest BCUT2D eigenvalue weighted by molar-refractivity contribution is 0.146. The summed E-state index contributed by atoms with van der Waals surface area (Å²) in [5, 5.41) is 10.8. The highest BCUT2D eigenvalue weighted by Crippen LogP contribution is 2.28. The molecule has 1 saturated heterocycles. The second kappa shape index (κ2) is 8.21. The lowest BCUT2D eigenvalue weighted by Gasteiger charge is -2.35. The Morgan fingerprint density at radius 2 is 1.81 bits per heavy atom. The number of aromatic nitrogens is 2. The van der Waals surface area contributed by atoms with Crippen LogP contribution >= 0.6 is 0 Å². The first-order valence-electron chi connectivity index (χ1n) is 10.3. The maximum Gasteiger partial charge on any atom is 0.320 e. The molecular formula is C21H39N5O. The summed E-state index contributed by atoms with van der Waals surface area (Å²) in [4.78, 5) is 15.0. The molecule has 2 rings (SSSR count). The number of amides is 2. The van der Waals surface area contributed by atoms with E-state index in [1.54, 1.807) is 0 Å². The van der Waals surface area contributed by atoms with Gasteiger partial charge in [0.25, 0.3) is 0 Å². The molecule has 0 saturated carbocycles. The summed E-state index contributed by atoms with van der Waals surface area (Å²) in [7, 11) is 0. The molecule has 1 aliphatic heterocycles. The van der Waals surface area contributed by atoms with Crippen LogP contribution in [0.15, 0.2) is 6.07 Å². The Balaban J connectivity index is 1.97. The van der Waals surface area contributed by atoms with Gasteiger partial charge in [-0.15, -0.1) is 0 Å². The molecule has 0 radical (unpaired) electrons. The molecule has 2 heterocycles. The van der Waals surface area contributed by atoms with E-state index in [4.69, 9.17) is 5.10 Å². The SMILES string of the molecule is CC1CCN(C(C)CNC(=O)Nc2cc(C(C)(C)C)nn2C(C)(C)C)CC1. The van der Waals surface area contributed by atoms with Crippen LogP contribution < -0.4 is 10.6 Å². The number of urea groups is 1. The van der Waals surface area contributed by atoms with Gasteiger partial charge in [0.1, 0.15) is 5.82 Å². The van der Waals surface area contributed by atoms with Crippen molar-refractivity contribution in [1.82, 2.24) is 20.0 Å². The summed E-state index contributed by atoms with van der Waals surface area (Å²) >= 11 is 0. The molecular weight excluding hydrogens is 338 g/mol. The molecule has 154 valence electrons. The number of nitrogens with zero attached hydrogens (tertiary/aromatic N) is 3. The molecule has 2 N–H and O–H groups in total. The average Bonchev–Trinajstić information content (AvgIpc) is 2.97. The second-order valence-corrected chi connectivity index (χ2v) is 10.1. The fourth-order valence-electron chi connectivity index (χ4n) is 3.35. The van der Waals surface area contributed by atoms with E-state index in [1.165, 1.54) is 12.8 Å². The van der Waals surface area contributed by atoms with Crippen molar-refractivity contribution in [3.63, 3.8) is 0 Å². The number of nitrogens with one attached hydrogen (secondary N) is 2. The fraction of sp³-hybridized carbons (Fsp3) is 0.810. The number of carbonyl (C=O) groups excluding carboxylic acids is 1. The van der Waals surface area contributed by atoms with Gasteiger partial charge in [-0.25, -0.2) is 9.48 Å². The van der Waals surface area contributed by atoms with Gasteiger partial charge in [0.2, 0.25) is 0 Å². The molecule has 0 bridgehead atoms. The topological polar surface area (TPSA) is 62.2 Å². The van der Waals surface area contributed by atoms with Crippen LogP contribution in [0.5, 0.6) is 0 Å².